The van der Waals surface area contributed by atoms with Gasteiger partial charge in [0.1, 0.15) is 0 Å². The highest BCUT2D eigenvalue weighted by atomic mass is 16.6. The van der Waals surface area contributed by atoms with Crippen molar-refractivity contribution in [3.63, 3.8) is 0 Å². The maximum absolute atomic E-state index is 11.6. The Morgan fingerprint density at radius 1 is 1.30 bits per heavy atom. The standard InChI is InChI=1S/C14H26N4O2/c1-2-20-14(19)18-9-7-12(8-10-18)17-13(15)16-11-5-3-4-6-11/h11-12H,2-10H2,1H3,(H3,15,16,17). The maximum Gasteiger partial charge on any atom is 0.409 e. The van der Waals surface area contributed by atoms with Crippen molar-refractivity contribution in [3.05, 3.63) is 0 Å². The number of guanidine groups is 1. The van der Waals surface area contributed by atoms with Gasteiger partial charge in [-0.05, 0) is 32.6 Å². The Morgan fingerprint density at radius 3 is 2.55 bits per heavy atom. The minimum atomic E-state index is -0.216. The van der Waals surface area contributed by atoms with Gasteiger partial charge in [-0.25, -0.2) is 9.79 Å². The highest BCUT2D eigenvalue weighted by Gasteiger charge is 2.23. The van der Waals surface area contributed by atoms with E-state index in [1.165, 1.54) is 25.7 Å². The number of carbonyl (C=O) groups excluding carboxylic acids is 1. The molecule has 2 rings (SSSR count). The lowest BCUT2D eigenvalue weighted by Gasteiger charge is -2.29. The largest absolute Gasteiger partial charge is 0.450 e. The molecule has 0 spiro atoms. The highest BCUT2D eigenvalue weighted by molar-refractivity contribution is 5.78. The molecule has 1 amide bonds. The summed E-state index contributed by atoms with van der Waals surface area (Å²) in [6.07, 6.45) is 6.44. The summed E-state index contributed by atoms with van der Waals surface area (Å²) in [7, 11) is 0. The van der Waals surface area contributed by atoms with Gasteiger partial charge in [-0.2, -0.15) is 0 Å². The quantitative estimate of drug-likeness (QED) is 0.606. The number of amides is 1. The van der Waals surface area contributed by atoms with Gasteiger partial charge in [0.15, 0.2) is 5.96 Å². The minimum Gasteiger partial charge on any atom is -0.450 e. The summed E-state index contributed by atoms with van der Waals surface area (Å²) in [6.45, 7) is 3.65. The highest BCUT2D eigenvalue weighted by Crippen LogP contribution is 2.18. The molecule has 0 aromatic rings. The van der Waals surface area contributed by atoms with Crippen LogP contribution in [0.25, 0.3) is 0 Å². The molecule has 114 valence electrons. The molecule has 1 heterocycles. The first-order chi connectivity index (χ1) is 9.69. The van der Waals surface area contributed by atoms with Gasteiger partial charge in [0.2, 0.25) is 0 Å². The fourth-order valence-corrected chi connectivity index (χ4v) is 2.91. The molecule has 1 saturated carbocycles. The van der Waals surface area contributed by atoms with Crippen molar-refractivity contribution in [2.45, 2.75) is 57.5 Å². The number of ether oxygens (including phenoxy) is 1. The second-order valence-electron chi connectivity index (χ2n) is 5.56. The molecule has 0 aromatic carbocycles. The number of nitrogens with two attached hydrogens (primary N) is 1. The fourth-order valence-electron chi connectivity index (χ4n) is 2.91. The van der Waals surface area contributed by atoms with Crippen LogP contribution in [0.5, 0.6) is 0 Å². The molecule has 3 N–H and O–H groups in total. The molecule has 0 radical (unpaired) electrons. The predicted octanol–water partition coefficient (Wildman–Crippen LogP) is 1.45. The van der Waals surface area contributed by atoms with Crippen molar-refractivity contribution >= 4 is 12.1 Å². The number of aliphatic imine (C=N–C) groups is 1. The maximum atomic E-state index is 11.6. The minimum absolute atomic E-state index is 0.216. The molecule has 0 bridgehead atoms. The van der Waals surface area contributed by atoms with E-state index in [4.69, 9.17) is 10.5 Å². The van der Waals surface area contributed by atoms with Gasteiger partial charge < -0.3 is 20.7 Å². The van der Waals surface area contributed by atoms with Crippen LogP contribution in [-0.4, -0.2) is 48.7 Å². The third kappa shape index (κ3) is 4.28. The van der Waals surface area contributed by atoms with Gasteiger partial charge in [-0.15, -0.1) is 0 Å². The first-order valence-electron chi connectivity index (χ1n) is 7.70. The van der Waals surface area contributed by atoms with Crippen LogP contribution in [0.4, 0.5) is 4.79 Å². The van der Waals surface area contributed by atoms with Crippen molar-refractivity contribution < 1.29 is 9.53 Å². The second-order valence-corrected chi connectivity index (χ2v) is 5.56. The van der Waals surface area contributed by atoms with Crippen molar-refractivity contribution in [2.75, 3.05) is 19.7 Å². The number of piperidine rings is 1. The van der Waals surface area contributed by atoms with Crippen LogP contribution in [0.2, 0.25) is 0 Å². The summed E-state index contributed by atoms with van der Waals surface area (Å²) in [5.41, 5.74) is 5.96. The molecule has 1 aliphatic carbocycles. The third-order valence-electron chi connectivity index (χ3n) is 4.02. The number of nitrogens with zero attached hydrogens (tertiary/aromatic N) is 2. The van der Waals surface area contributed by atoms with E-state index in [9.17, 15) is 4.79 Å². The number of hydrogen-bond acceptors (Lipinski definition) is 3. The molecule has 2 fully saturated rings. The van der Waals surface area contributed by atoms with Crippen molar-refractivity contribution in [1.29, 1.82) is 0 Å². The zero-order chi connectivity index (χ0) is 14.4. The third-order valence-corrected chi connectivity index (χ3v) is 4.02. The zero-order valence-electron chi connectivity index (χ0n) is 12.3. The molecule has 20 heavy (non-hydrogen) atoms. The Balaban J connectivity index is 1.74. The number of carbonyl (C=O) groups is 1. The summed E-state index contributed by atoms with van der Waals surface area (Å²) in [4.78, 5) is 17.9. The van der Waals surface area contributed by atoms with E-state index in [0.717, 1.165) is 12.8 Å². The van der Waals surface area contributed by atoms with Gasteiger partial charge in [0, 0.05) is 19.1 Å². The van der Waals surface area contributed by atoms with E-state index in [1.54, 1.807) is 4.90 Å². The van der Waals surface area contributed by atoms with Crippen LogP contribution in [-0.2, 0) is 4.74 Å². The van der Waals surface area contributed by atoms with Gasteiger partial charge in [-0.3, -0.25) is 0 Å². The lowest BCUT2D eigenvalue weighted by Crippen LogP contribution is -2.43. The molecule has 6 heteroatoms. The van der Waals surface area contributed by atoms with Crippen LogP contribution in [0.3, 0.4) is 0 Å². The van der Waals surface area contributed by atoms with Crippen molar-refractivity contribution in [3.8, 4) is 0 Å². The fraction of sp³-hybridized carbons (Fsp3) is 0.857. The van der Waals surface area contributed by atoms with Crippen LogP contribution in [0, 0.1) is 0 Å². The number of hydrogen-bond donors (Lipinski definition) is 2. The number of rotatable bonds is 3. The number of likely N-dealkylation sites (tertiary alicyclic amines) is 1. The Labute approximate surface area is 120 Å². The van der Waals surface area contributed by atoms with Crippen LogP contribution >= 0.6 is 0 Å². The molecular weight excluding hydrogens is 256 g/mol. The van der Waals surface area contributed by atoms with E-state index in [0.29, 0.717) is 31.7 Å². The van der Waals surface area contributed by atoms with Crippen molar-refractivity contribution in [1.82, 2.24) is 10.2 Å². The molecular formula is C14H26N4O2. The molecule has 1 aliphatic heterocycles. The smallest absolute Gasteiger partial charge is 0.409 e. The Bertz CT molecular complexity index is 345. The normalized spacial score (nSPS) is 22.1. The van der Waals surface area contributed by atoms with Crippen LogP contribution < -0.4 is 11.1 Å². The zero-order valence-corrected chi connectivity index (χ0v) is 12.3. The summed E-state index contributed by atoms with van der Waals surface area (Å²) in [6, 6.07) is 0.716. The summed E-state index contributed by atoms with van der Waals surface area (Å²) in [5.74, 6) is 0.562. The van der Waals surface area contributed by atoms with E-state index >= 15 is 0 Å². The molecule has 2 aliphatic rings. The van der Waals surface area contributed by atoms with E-state index in [1.807, 2.05) is 6.92 Å². The average molecular weight is 282 g/mol. The Hall–Kier alpha value is -1.46. The summed E-state index contributed by atoms with van der Waals surface area (Å²) >= 11 is 0. The van der Waals surface area contributed by atoms with Gasteiger partial charge in [0.25, 0.3) is 0 Å². The van der Waals surface area contributed by atoms with Crippen molar-refractivity contribution in [2.24, 2.45) is 10.7 Å². The average Bonchev–Trinajstić information content (AvgIpc) is 2.92. The molecule has 1 saturated heterocycles. The first kappa shape index (κ1) is 14.9. The summed E-state index contributed by atoms with van der Waals surface area (Å²) in [5, 5.41) is 3.30. The molecule has 0 atom stereocenters. The molecule has 0 unspecified atom stereocenters. The number of nitrogens with one attached hydrogen (secondary N) is 1. The topological polar surface area (TPSA) is 80.0 Å². The predicted molar refractivity (Wildman–Crippen MR) is 78.6 cm³/mol. The summed E-state index contributed by atoms with van der Waals surface area (Å²) < 4.78 is 5.00. The van der Waals surface area contributed by atoms with Crippen LogP contribution in [0.15, 0.2) is 4.99 Å². The van der Waals surface area contributed by atoms with E-state index in [-0.39, 0.29) is 12.1 Å². The van der Waals surface area contributed by atoms with Gasteiger partial charge in [-0.1, -0.05) is 12.8 Å². The lowest BCUT2D eigenvalue weighted by molar-refractivity contribution is 0.0975. The van der Waals surface area contributed by atoms with E-state index < -0.39 is 0 Å². The SMILES string of the molecule is CCOC(=O)N1CCC(N=C(N)NC2CCCC2)CC1. The first-order valence-corrected chi connectivity index (χ1v) is 7.70. The van der Waals surface area contributed by atoms with Crippen LogP contribution in [0.1, 0.15) is 45.4 Å². The second kappa shape index (κ2) is 7.36. The molecule has 6 nitrogen and oxygen atoms in total. The van der Waals surface area contributed by atoms with Gasteiger partial charge >= 0.3 is 6.09 Å². The Kier molecular flexibility index (Phi) is 5.49. The van der Waals surface area contributed by atoms with E-state index in [2.05, 4.69) is 10.3 Å². The Morgan fingerprint density at radius 2 is 1.95 bits per heavy atom. The lowest BCUT2D eigenvalue weighted by atomic mass is 10.1. The van der Waals surface area contributed by atoms with Gasteiger partial charge in [0.05, 0.1) is 12.6 Å². The molecule has 0 aromatic heterocycles. The monoisotopic (exact) mass is 282 g/mol.